The Morgan fingerprint density at radius 3 is 2.43 bits per heavy atom. The molecule has 9 heteroatoms. The fraction of sp³-hybridized carbons (Fsp3) is 0.154. The van der Waals surface area contributed by atoms with E-state index in [-0.39, 0.29) is 17.5 Å². The molecule has 1 aromatic heterocycles. The van der Waals surface area contributed by atoms with Gasteiger partial charge in [-0.05, 0) is 55.8 Å². The number of aromatic nitrogens is 3. The molecule has 0 saturated carbocycles. The maximum absolute atomic E-state index is 13.1. The van der Waals surface area contributed by atoms with Gasteiger partial charge in [-0.15, -0.1) is 10.2 Å². The molecule has 0 bridgehead atoms. The number of carbonyl (C=O) groups is 1. The van der Waals surface area contributed by atoms with Crippen molar-refractivity contribution in [2.24, 2.45) is 5.10 Å². The van der Waals surface area contributed by atoms with E-state index in [1.165, 1.54) is 23.9 Å². The van der Waals surface area contributed by atoms with Crippen LogP contribution in [0.1, 0.15) is 19.4 Å². The molecule has 0 aliphatic carbocycles. The van der Waals surface area contributed by atoms with Crippen molar-refractivity contribution in [3.05, 3.63) is 90.2 Å². The highest BCUT2D eigenvalue weighted by molar-refractivity contribution is 7.99. The van der Waals surface area contributed by atoms with Gasteiger partial charge >= 0.3 is 0 Å². The third kappa shape index (κ3) is 6.13. The third-order valence-corrected chi connectivity index (χ3v) is 5.94. The summed E-state index contributed by atoms with van der Waals surface area (Å²) < 4.78 is 20.6. The summed E-state index contributed by atoms with van der Waals surface area (Å²) in [6, 6.07) is 23.3. The number of nitrogens with zero attached hydrogens (tertiary/aromatic N) is 4. The van der Waals surface area contributed by atoms with Gasteiger partial charge in [-0.2, -0.15) is 5.10 Å². The number of nitrogens with one attached hydrogen (secondary N) is 1. The van der Waals surface area contributed by atoms with Crippen molar-refractivity contribution in [3.63, 3.8) is 0 Å². The number of benzene rings is 3. The van der Waals surface area contributed by atoms with Crippen LogP contribution in [-0.4, -0.2) is 38.7 Å². The van der Waals surface area contributed by atoms with Gasteiger partial charge < -0.3 is 4.74 Å². The SMILES string of the molecule is CCOc1ccc(-n2c(SCC(=O)N/N=C(/C)c3ccc(F)cc3)nnc2-c2ccccc2)cc1. The zero-order valence-electron chi connectivity index (χ0n) is 19.3. The molecule has 0 saturated heterocycles. The zero-order chi connectivity index (χ0) is 24.6. The van der Waals surface area contributed by atoms with E-state index in [1.54, 1.807) is 19.1 Å². The van der Waals surface area contributed by atoms with Gasteiger partial charge in [0, 0.05) is 11.3 Å². The second kappa shape index (κ2) is 11.4. The van der Waals surface area contributed by atoms with Crippen molar-refractivity contribution in [1.82, 2.24) is 20.2 Å². The first-order valence-electron chi connectivity index (χ1n) is 11.0. The highest BCUT2D eigenvalue weighted by Crippen LogP contribution is 2.28. The number of ether oxygens (including phenoxy) is 1. The number of halogens is 1. The molecule has 0 unspecified atom stereocenters. The first-order valence-corrected chi connectivity index (χ1v) is 12.0. The van der Waals surface area contributed by atoms with Gasteiger partial charge in [0.2, 0.25) is 0 Å². The van der Waals surface area contributed by atoms with Crippen LogP contribution < -0.4 is 10.2 Å². The molecule has 3 aromatic carbocycles. The largest absolute Gasteiger partial charge is 0.494 e. The van der Waals surface area contributed by atoms with Crippen molar-refractivity contribution in [2.45, 2.75) is 19.0 Å². The molecule has 0 spiro atoms. The van der Waals surface area contributed by atoms with Crippen LogP contribution >= 0.6 is 11.8 Å². The number of hydrazone groups is 1. The van der Waals surface area contributed by atoms with Crippen molar-refractivity contribution in [1.29, 1.82) is 0 Å². The van der Waals surface area contributed by atoms with Crippen LogP contribution in [0.5, 0.6) is 5.75 Å². The lowest BCUT2D eigenvalue weighted by atomic mass is 10.1. The van der Waals surface area contributed by atoms with E-state index < -0.39 is 0 Å². The van der Waals surface area contributed by atoms with E-state index in [2.05, 4.69) is 20.7 Å². The molecular formula is C26H24FN5O2S. The van der Waals surface area contributed by atoms with E-state index in [0.717, 1.165) is 22.6 Å². The molecule has 0 atom stereocenters. The van der Waals surface area contributed by atoms with Crippen molar-refractivity contribution >= 4 is 23.4 Å². The number of carbonyl (C=O) groups excluding carboxylic acids is 1. The summed E-state index contributed by atoms with van der Waals surface area (Å²) in [7, 11) is 0. The minimum absolute atomic E-state index is 0.0875. The summed E-state index contributed by atoms with van der Waals surface area (Å²) in [5, 5.41) is 13.4. The monoisotopic (exact) mass is 489 g/mol. The molecule has 0 aliphatic rings. The minimum Gasteiger partial charge on any atom is -0.494 e. The van der Waals surface area contributed by atoms with Crippen LogP contribution in [0.25, 0.3) is 17.1 Å². The second-order valence-electron chi connectivity index (χ2n) is 7.46. The molecule has 35 heavy (non-hydrogen) atoms. The molecule has 0 radical (unpaired) electrons. The molecule has 1 N–H and O–H groups in total. The Hall–Kier alpha value is -3.98. The van der Waals surface area contributed by atoms with Gasteiger partial charge in [-0.1, -0.05) is 54.2 Å². The Balaban J connectivity index is 1.52. The topological polar surface area (TPSA) is 81.4 Å². The fourth-order valence-corrected chi connectivity index (χ4v) is 4.04. The summed E-state index contributed by atoms with van der Waals surface area (Å²) in [5.41, 5.74) is 5.61. The smallest absolute Gasteiger partial charge is 0.250 e. The maximum Gasteiger partial charge on any atom is 0.250 e. The van der Waals surface area contributed by atoms with Crippen LogP contribution in [0.15, 0.2) is 89.1 Å². The third-order valence-electron chi connectivity index (χ3n) is 5.01. The zero-order valence-corrected chi connectivity index (χ0v) is 20.1. The quantitative estimate of drug-likeness (QED) is 0.201. The van der Waals surface area contributed by atoms with Crippen LogP contribution in [0.2, 0.25) is 0 Å². The summed E-state index contributed by atoms with van der Waals surface area (Å²) in [6.45, 7) is 4.27. The van der Waals surface area contributed by atoms with Gasteiger partial charge in [0.25, 0.3) is 5.91 Å². The molecule has 7 nitrogen and oxygen atoms in total. The lowest BCUT2D eigenvalue weighted by molar-refractivity contribution is -0.118. The lowest BCUT2D eigenvalue weighted by Crippen LogP contribution is -2.21. The van der Waals surface area contributed by atoms with Crippen molar-refractivity contribution in [2.75, 3.05) is 12.4 Å². The van der Waals surface area contributed by atoms with Gasteiger partial charge in [0.1, 0.15) is 11.6 Å². The Kier molecular flexibility index (Phi) is 7.89. The molecule has 0 aliphatic heterocycles. The second-order valence-corrected chi connectivity index (χ2v) is 8.40. The predicted molar refractivity (Wildman–Crippen MR) is 135 cm³/mol. The average molecular weight is 490 g/mol. The maximum atomic E-state index is 13.1. The van der Waals surface area contributed by atoms with Crippen LogP contribution in [0, 0.1) is 5.82 Å². The van der Waals surface area contributed by atoms with Crippen LogP contribution in [0.3, 0.4) is 0 Å². The first kappa shape index (κ1) is 24.2. The molecule has 4 aromatic rings. The lowest BCUT2D eigenvalue weighted by Gasteiger charge is -2.11. The first-order chi connectivity index (χ1) is 17.0. The number of rotatable bonds is 9. The number of thioether (sulfide) groups is 1. The number of hydrogen-bond donors (Lipinski definition) is 1. The van der Waals surface area contributed by atoms with Crippen molar-refractivity contribution < 1.29 is 13.9 Å². The van der Waals surface area contributed by atoms with Gasteiger partial charge in [0.15, 0.2) is 11.0 Å². The molecule has 1 heterocycles. The Labute approximate surface area is 207 Å². The highest BCUT2D eigenvalue weighted by atomic mass is 32.2. The fourth-order valence-electron chi connectivity index (χ4n) is 3.29. The summed E-state index contributed by atoms with van der Waals surface area (Å²) in [5.74, 6) is 0.910. The van der Waals surface area contributed by atoms with Gasteiger partial charge in [0.05, 0.1) is 18.1 Å². The average Bonchev–Trinajstić information content (AvgIpc) is 3.31. The Morgan fingerprint density at radius 1 is 1.03 bits per heavy atom. The predicted octanol–water partition coefficient (Wildman–Crippen LogP) is 5.10. The highest BCUT2D eigenvalue weighted by Gasteiger charge is 2.17. The Morgan fingerprint density at radius 2 is 1.74 bits per heavy atom. The van der Waals surface area contributed by atoms with E-state index in [9.17, 15) is 9.18 Å². The molecule has 1 amide bonds. The molecule has 0 fully saturated rings. The van der Waals surface area contributed by atoms with Crippen molar-refractivity contribution in [3.8, 4) is 22.8 Å². The molecule has 178 valence electrons. The normalized spacial score (nSPS) is 11.3. The van der Waals surface area contributed by atoms with E-state index in [1.807, 2.05) is 66.1 Å². The van der Waals surface area contributed by atoms with E-state index >= 15 is 0 Å². The molecular weight excluding hydrogens is 465 g/mol. The van der Waals surface area contributed by atoms with E-state index in [0.29, 0.717) is 23.3 Å². The Bertz CT molecular complexity index is 1310. The van der Waals surface area contributed by atoms with Gasteiger partial charge in [-0.3, -0.25) is 9.36 Å². The van der Waals surface area contributed by atoms with E-state index in [4.69, 9.17) is 4.74 Å². The number of hydrogen-bond acceptors (Lipinski definition) is 6. The molecule has 4 rings (SSSR count). The van der Waals surface area contributed by atoms with Crippen LogP contribution in [0.4, 0.5) is 4.39 Å². The van der Waals surface area contributed by atoms with Gasteiger partial charge in [-0.25, -0.2) is 9.82 Å². The summed E-state index contributed by atoms with van der Waals surface area (Å²) in [6.07, 6.45) is 0. The van der Waals surface area contributed by atoms with Crippen LogP contribution in [-0.2, 0) is 4.79 Å². The number of amides is 1. The minimum atomic E-state index is -0.325. The standard InChI is InChI=1S/C26H24FN5O2S/c1-3-34-23-15-13-22(14-16-23)32-25(20-7-5-4-6-8-20)30-31-26(32)35-17-24(33)29-28-18(2)19-9-11-21(27)12-10-19/h4-16H,3,17H2,1-2H3,(H,29,33)/b28-18-. The summed E-state index contributed by atoms with van der Waals surface area (Å²) >= 11 is 1.26. The summed E-state index contributed by atoms with van der Waals surface area (Å²) in [4.78, 5) is 12.5.